The van der Waals surface area contributed by atoms with Gasteiger partial charge in [0.25, 0.3) is 0 Å². The van der Waals surface area contributed by atoms with Crippen molar-refractivity contribution in [2.45, 2.75) is 27.2 Å². The maximum atomic E-state index is 12.2. The van der Waals surface area contributed by atoms with Crippen molar-refractivity contribution in [3.8, 4) is 0 Å². The molecule has 0 N–H and O–H groups in total. The molecule has 1 rings (SSSR count). The van der Waals surface area contributed by atoms with Crippen LogP contribution >= 0.6 is 0 Å². The van der Waals surface area contributed by atoms with Crippen LogP contribution in [0, 0.1) is 5.82 Å². The summed E-state index contributed by atoms with van der Waals surface area (Å²) in [5, 5.41) is 0. The Morgan fingerprint density at radius 1 is 1.36 bits per heavy atom. The second-order valence-corrected chi connectivity index (χ2v) is 1.82. The molecule has 0 unspecified atom stereocenters. The molecule has 1 heterocycles. The SMILES string of the molecule is CC.CCc1ccc(F)cn1. The summed E-state index contributed by atoms with van der Waals surface area (Å²) in [6.07, 6.45) is 2.10. The summed E-state index contributed by atoms with van der Waals surface area (Å²) in [5.74, 6) is -0.271. The molecule has 0 fully saturated rings. The predicted octanol–water partition coefficient (Wildman–Crippen LogP) is 2.81. The predicted molar refractivity (Wildman–Crippen MR) is 44.9 cm³/mol. The lowest BCUT2D eigenvalue weighted by Gasteiger charge is -1.91. The Morgan fingerprint density at radius 3 is 2.36 bits per heavy atom. The number of halogens is 1. The van der Waals surface area contributed by atoms with Gasteiger partial charge in [-0.2, -0.15) is 0 Å². The average Bonchev–Trinajstić information content (AvgIpc) is 2.10. The molecule has 1 nitrogen and oxygen atoms in total. The van der Waals surface area contributed by atoms with Crippen molar-refractivity contribution in [2.75, 3.05) is 0 Å². The van der Waals surface area contributed by atoms with Gasteiger partial charge in [-0.25, -0.2) is 4.39 Å². The first-order valence-electron chi connectivity index (χ1n) is 3.93. The van der Waals surface area contributed by atoms with Crippen LogP contribution in [0.25, 0.3) is 0 Å². The summed E-state index contributed by atoms with van der Waals surface area (Å²) in [6, 6.07) is 3.11. The fourth-order valence-electron chi connectivity index (χ4n) is 0.616. The molecule has 0 radical (unpaired) electrons. The van der Waals surface area contributed by atoms with Crippen LogP contribution in [-0.4, -0.2) is 4.98 Å². The highest BCUT2D eigenvalue weighted by Gasteiger charge is 1.89. The second-order valence-electron chi connectivity index (χ2n) is 1.82. The molecular weight excluding hydrogens is 141 g/mol. The van der Waals surface area contributed by atoms with E-state index in [-0.39, 0.29) is 5.82 Å². The van der Waals surface area contributed by atoms with Crippen LogP contribution in [-0.2, 0) is 6.42 Å². The molecule has 0 aromatic carbocycles. The molecule has 0 atom stereocenters. The van der Waals surface area contributed by atoms with E-state index in [2.05, 4.69) is 4.98 Å². The normalized spacial score (nSPS) is 8.36. The van der Waals surface area contributed by atoms with E-state index in [0.717, 1.165) is 12.1 Å². The number of rotatable bonds is 1. The molecule has 0 saturated heterocycles. The third kappa shape index (κ3) is 3.71. The fourth-order valence-corrected chi connectivity index (χ4v) is 0.616. The first-order valence-corrected chi connectivity index (χ1v) is 3.93. The van der Waals surface area contributed by atoms with Gasteiger partial charge >= 0.3 is 0 Å². The van der Waals surface area contributed by atoms with Gasteiger partial charge < -0.3 is 0 Å². The molecule has 0 aliphatic rings. The van der Waals surface area contributed by atoms with Gasteiger partial charge in [-0.3, -0.25) is 4.98 Å². The Morgan fingerprint density at radius 2 is 2.00 bits per heavy atom. The van der Waals surface area contributed by atoms with Crippen LogP contribution in [0.1, 0.15) is 26.5 Å². The quantitative estimate of drug-likeness (QED) is 0.607. The molecule has 1 aromatic rings. The van der Waals surface area contributed by atoms with E-state index >= 15 is 0 Å². The second kappa shape index (κ2) is 5.83. The average molecular weight is 155 g/mol. The van der Waals surface area contributed by atoms with E-state index in [4.69, 9.17) is 0 Å². The lowest BCUT2D eigenvalue weighted by molar-refractivity contribution is 0.619. The maximum Gasteiger partial charge on any atom is 0.141 e. The highest BCUT2D eigenvalue weighted by molar-refractivity contribution is 5.04. The molecule has 62 valence electrons. The molecule has 0 bridgehead atoms. The minimum atomic E-state index is -0.271. The van der Waals surface area contributed by atoms with Gasteiger partial charge in [-0.1, -0.05) is 20.8 Å². The van der Waals surface area contributed by atoms with Crippen LogP contribution in [0.5, 0.6) is 0 Å². The van der Waals surface area contributed by atoms with Crippen LogP contribution < -0.4 is 0 Å². The molecule has 0 aliphatic carbocycles. The van der Waals surface area contributed by atoms with Gasteiger partial charge in [0.1, 0.15) is 5.82 Å². The molecule has 11 heavy (non-hydrogen) atoms. The van der Waals surface area contributed by atoms with Gasteiger partial charge in [-0.15, -0.1) is 0 Å². The maximum absolute atomic E-state index is 12.2. The topological polar surface area (TPSA) is 12.9 Å². The van der Waals surface area contributed by atoms with Crippen LogP contribution in [0.4, 0.5) is 4.39 Å². The first kappa shape index (κ1) is 10.1. The van der Waals surface area contributed by atoms with Crippen LogP contribution in [0.2, 0.25) is 0 Å². The van der Waals surface area contributed by atoms with E-state index in [1.807, 2.05) is 20.8 Å². The summed E-state index contributed by atoms with van der Waals surface area (Å²) < 4.78 is 12.2. The standard InChI is InChI=1S/C7H8FN.C2H6/c1-2-7-4-3-6(8)5-9-7;1-2/h3-5H,2H2,1H3;1-2H3. The summed E-state index contributed by atoms with van der Waals surface area (Å²) in [4.78, 5) is 3.82. The summed E-state index contributed by atoms with van der Waals surface area (Å²) >= 11 is 0. The van der Waals surface area contributed by atoms with Crippen molar-refractivity contribution in [3.05, 3.63) is 29.8 Å². The van der Waals surface area contributed by atoms with E-state index in [1.165, 1.54) is 12.3 Å². The zero-order valence-electron chi connectivity index (χ0n) is 7.26. The third-order valence-electron chi connectivity index (χ3n) is 1.15. The lowest BCUT2D eigenvalue weighted by Crippen LogP contribution is -1.85. The Kier molecular flexibility index (Phi) is 5.35. The number of pyridine rings is 1. The van der Waals surface area contributed by atoms with E-state index < -0.39 is 0 Å². The lowest BCUT2D eigenvalue weighted by atomic mass is 10.3. The van der Waals surface area contributed by atoms with Crippen molar-refractivity contribution < 1.29 is 4.39 Å². The molecular formula is C9H14FN. The number of hydrogen-bond acceptors (Lipinski definition) is 1. The number of hydrogen-bond donors (Lipinski definition) is 0. The van der Waals surface area contributed by atoms with Gasteiger partial charge in [0.05, 0.1) is 6.20 Å². The van der Waals surface area contributed by atoms with E-state index in [1.54, 1.807) is 6.07 Å². The highest BCUT2D eigenvalue weighted by Crippen LogP contribution is 1.97. The van der Waals surface area contributed by atoms with Crippen molar-refractivity contribution >= 4 is 0 Å². The molecule has 0 saturated carbocycles. The number of aryl methyl sites for hydroxylation is 1. The molecule has 0 spiro atoms. The number of aromatic nitrogens is 1. The Bertz CT molecular complexity index is 181. The largest absolute Gasteiger partial charge is 0.258 e. The Balaban J connectivity index is 0.000000461. The van der Waals surface area contributed by atoms with Crippen LogP contribution in [0.3, 0.4) is 0 Å². The summed E-state index contributed by atoms with van der Waals surface area (Å²) in [7, 11) is 0. The number of nitrogens with zero attached hydrogens (tertiary/aromatic N) is 1. The zero-order chi connectivity index (χ0) is 8.69. The Labute approximate surface area is 67.3 Å². The Hall–Kier alpha value is -0.920. The monoisotopic (exact) mass is 155 g/mol. The molecule has 0 aliphatic heterocycles. The van der Waals surface area contributed by atoms with Crippen LogP contribution in [0.15, 0.2) is 18.3 Å². The van der Waals surface area contributed by atoms with E-state index in [0.29, 0.717) is 0 Å². The van der Waals surface area contributed by atoms with E-state index in [9.17, 15) is 4.39 Å². The van der Waals surface area contributed by atoms with Gasteiger partial charge in [0.2, 0.25) is 0 Å². The molecule has 0 amide bonds. The fraction of sp³-hybridized carbons (Fsp3) is 0.444. The van der Waals surface area contributed by atoms with Crippen molar-refractivity contribution in [2.24, 2.45) is 0 Å². The van der Waals surface area contributed by atoms with Gasteiger partial charge in [0.15, 0.2) is 0 Å². The highest BCUT2D eigenvalue weighted by atomic mass is 19.1. The molecule has 1 aromatic heterocycles. The molecule has 2 heteroatoms. The first-order chi connectivity index (χ1) is 5.33. The summed E-state index contributed by atoms with van der Waals surface area (Å²) in [5.41, 5.74) is 0.927. The smallest absolute Gasteiger partial charge is 0.141 e. The third-order valence-corrected chi connectivity index (χ3v) is 1.15. The van der Waals surface area contributed by atoms with Crippen molar-refractivity contribution in [1.82, 2.24) is 4.98 Å². The summed E-state index contributed by atoms with van der Waals surface area (Å²) in [6.45, 7) is 5.99. The van der Waals surface area contributed by atoms with Gasteiger partial charge in [-0.05, 0) is 18.6 Å². The van der Waals surface area contributed by atoms with Crippen molar-refractivity contribution in [3.63, 3.8) is 0 Å². The van der Waals surface area contributed by atoms with Gasteiger partial charge in [0, 0.05) is 5.69 Å². The minimum absolute atomic E-state index is 0.271. The zero-order valence-corrected chi connectivity index (χ0v) is 7.26. The van der Waals surface area contributed by atoms with Crippen molar-refractivity contribution in [1.29, 1.82) is 0 Å². The minimum Gasteiger partial charge on any atom is -0.258 e.